The van der Waals surface area contributed by atoms with Crippen molar-refractivity contribution in [2.75, 3.05) is 47.3 Å². The Bertz CT molecular complexity index is 473. The van der Waals surface area contributed by atoms with E-state index in [0.717, 1.165) is 31.7 Å². The van der Waals surface area contributed by atoms with Crippen LogP contribution in [0.15, 0.2) is 24.5 Å². The first kappa shape index (κ1) is 17.7. The lowest BCUT2D eigenvalue weighted by molar-refractivity contribution is 0.135. The van der Waals surface area contributed by atoms with Crippen LogP contribution in [0.2, 0.25) is 0 Å². The summed E-state index contributed by atoms with van der Waals surface area (Å²) in [6.07, 6.45) is 5.90. The second kappa shape index (κ2) is 8.84. The highest BCUT2D eigenvalue weighted by Gasteiger charge is 2.20. The number of likely N-dealkylation sites (tertiary alicyclic amines) is 1. The Kier molecular flexibility index (Phi) is 6.80. The van der Waals surface area contributed by atoms with E-state index >= 15 is 0 Å². The Morgan fingerprint density at radius 1 is 1.26 bits per heavy atom. The van der Waals surface area contributed by atoms with Crippen molar-refractivity contribution < 1.29 is 4.79 Å². The van der Waals surface area contributed by atoms with Crippen molar-refractivity contribution in [2.45, 2.75) is 25.4 Å². The molecule has 6 heteroatoms. The van der Waals surface area contributed by atoms with Gasteiger partial charge in [0, 0.05) is 45.1 Å². The molecule has 1 aromatic heterocycles. The number of carbonyl (C=O) groups excluding carboxylic acids is 1. The molecule has 0 atom stereocenters. The molecule has 23 heavy (non-hydrogen) atoms. The number of urea groups is 1. The summed E-state index contributed by atoms with van der Waals surface area (Å²) in [6, 6.07) is 4.43. The highest BCUT2D eigenvalue weighted by molar-refractivity contribution is 5.73. The first-order chi connectivity index (χ1) is 11.1. The highest BCUT2D eigenvalue weighted by atomic mass is 16.2. The van der Waals surface area contributed by atoms with E-state index in [1.807, 2.05) is 19.2 Å². The Morgan fingerprint density at radius 2 is 1.91 bits per heavy atom. The molecule has 0 aliphatic carbocycles. The SMILES string of the molecule is CN1CCC(N(C)CCN(C)C(=O)NCc2ccncc2)CC1. The first-order valence-corrected chi connectivity index (χ1v) is 8.33. The molecule has 0 aromatic carbocycles. The molecule has 0 saturated carbocycles. The molecule has 1 aliphatic rings. The zero-order valence-corrected chi connectivity index (χ0v) is 14.5. The molecule has 1 saturated heterocycles. The van der Waals surface area contributed by atoms with Gasteiger partial charge in [0.1, 0.15) is 0 Å². The van der Waals surface area contributed by atoms with Gasteiger partial charge in [0.05, 0.1) is 0 Å². The lowest BCUT2D eigenvalue weighted by Crippen LogP contribution is -2.46. The van der Waals surface area contributed by atoms with Gasteiger partial charge in [-0.3, -0.25) is 4.98 Å². The standard InChI is InChI=1S/C17H29N5O/c1-20-10-6-16(7-11-20)21(2)12-13-22(3)17(23)19-14-15-4-8-18-9-5-15/h4-5,8-9,16H,6-7,10-14H2,1-3H3,(H,19,23). The number of hydrogen-bond acceptors (Lipinski definition) is 4. The van der Waals surface area contributed by atoms with Crippen LogP contribution in [-0.4, -0.2) is 79.1 Å². The number of pyridine rings is 1. The summed E-state index contributed by atoms with van der Waals surface area (Å²) in [6.45, 7) is 4.52. The van der Waals surface area contributed by atoms with E-state index < -0.39 is 0 Å². The molecular formula is C17H29N5O. The number of nitrogens with zero attached hydrogens (tertiary/aromatic N) is 4. The van der Waals surface area contributed by atoms with Crippen molar-refractivity contribution in [1.82, 2.24) is 25.0 Å². The van der Waals surface area contributed by atoms with Gasteiger partial charge in [-0.2, -0.15) is 0 Å². The van der Waals surface area contributed by atoms with Crippen LogP contribution >= 0.6 is 0 Å². The van der Waals surface area contributed by atoms with Gasteiger partial charge in [-0.25, -0.2) is 4.79 Å². The molecule has 2 rings (SSSR count). The predicted molar refractivity (Wildman–Crippen MR) is 92.3 cm³/mol. The molecule has 0 radical (unpaired) electrons. The van der Waals surface area contributed by atoms with Gasteiger partial charge < -0.3 is 20.0 Å². The number of piperidine rings is 1. The lowest BCUT2D eigenvalue weighted by atomic mass is 10.0. The van der Waals surface area contributed by atoms with Gasteiger partial charge in [0.15, 0.2) is 0 Å². The van der Waals surface area contributed by atoms with Crippen LogP contribution in [0, 0.1) is 0 Å². The van der Waals surface area contributed by atoms with Crippen molar-refractivity contribution in [1.29, 1.82) is 0 Å². The van der Waals surface area contributed by atoms with Crippen LogP contribution in [0.3, 0.4) is 0 Å². The zero-order chi connectivity index (χ0) is 16.7. The van der Waals surface area contributed by atoms with Crippen molar-refractivity contribution in [3.63, 3.8) is 0 Å². The molecule has 1 N–H and O–H groups in total. The Labute approximate surface area is 139 Å². The minimum atomic E-state index is -0.0291. The van der Waals surface area contributed by atoms with E-state index in [4.69, 9.17) is 0 Å². The quantitative estimate of drug-likeness (QED) is 0.857. The molecule has 1 fully saturated rings. The Morgan fingerprint density at radius 3 is 2.57 bits per heavy atom. The fraction of sp³-hybridized carbons (Fsp3) is 0.647. The van der Waals surface area contributed by atoms with Crippen LogP contribution in [0.4, 0.5) is 4.79 Å². The van der Waals surface area contributed by atoms with E-state index in [1.165, 1.54) is 12.8 Å². The Balaban J connectivity index is 1.67. The van der Waals surface area contributed by atoms with Gasteiger partial charge in [-0.15, -0.1) is 0 Å². The number of hydrogen-bond donors (Lipinski definition) is 1. The number of aromatic nitrogens is 1. The van der Waals surface area contributed by atoms with Crippen molar-refractivity contribution in [2.24, 2.45) is 0 Å². The molecule has 0 unspecified atom stereocenters. The van der Waals surface area contributed by atoms with Crippen molar-refractivity contribution >= 4 is 6.03 Å². The van der Waals surface area contributed by atoms with Crippen LogP contribution in [0.1, 0.15) is 18.4 Å². The predicted octanol–water partition coefficient (Wildman–Crippen LogP) is 1.25. The largest absolute Gasteiger partial charge is 0.334 e. The van der Waals surface area contributed by atoms with E-state index in [-0.39, 0.29) is 6.03 Å². The van der Waals surface area contributed by atoms with Crippen LogP contribution in [0.5, 0.6) is 0 Å². The average Bonchev–Trinajstić information content (AvgIpc) is 2.58. The third-order valence-electron chi connectivity index (χ3n) is 4.64. The fourth-order valence-electron chi connectivity index (χ4n) is 2.84. The molecule has 6 nitrogen and oxygen atoms in total. The lowest BCUT2D eigenvalue weighted by Gasteiger charge is -2.35. The normalized spacial score (nSPS) is 16.5. The monoisotopic (exact) mass is 319 g/mol. The minimum Gasteiger partial charge on any atom is -0.334 e. The summed E-state index contributed by atoms with van der Waals surface area (Å²) in [5.74, 6) is 0. The van der Waals surface area contributed by atoms with Crippen LogP contribution in [0.25, 0.3) is 0 Å². The number of rotatable bonds is 6. The van der Waals surface area contributed by atoms with Crippen molar-refractivity contribution in [3.8, 4) is 0 Å². The summed E-state index contributed by atoms with van der Waals surface area (Å²) in [7, 11) is 6.19. The first-order valence-electron chi connectivity index (χ1n) is 8.33. The van der Waals surface area contributed by atoms with Gasteiger partial charge in [0.2, 0.25) is 0 Å². The van der Waals surface area contributed by atoms with Crippen molar-refractivity contribution in [3.05, 3.63) is 30.1 Å². The number of carbonyl (C=O) groups is 1. The molecule has 1 aromatic rings. The molecule has 2 amide bonds. The molecule has 1 aliphatic heterocycles. The van der Waals surface area contributed by atoms with E-state index in [1.54, 1.807) is 17.3 Å². The van der Waals surface area contributed by atoms with E-state index in [9.17, 15) is 4.79 Å². The van der Waals surface area contributed by atoms with Crippen LogP contribution in [-0.2, 0) is 6.54 Å². The number of nitrogens with one attached hydrogen (secondary N) is 1. The second-order valence-electron chi connectivity index (χ2n) is 6.45. The summed E-state index contributed by atoms with van der Waals surface area (Å²) >= 11 is 0. The topological polar surface area (TPSA) is 51.7 Å². The third kappa shape index (κ3) is 5.80. The number of likely N-dealkylation sites (N-methyl/N-ethyl adjacent to an activating group) is 2. The highest BCUT2D eigenvalue weighted by Crippen LogP contribution is 2.13. The second-order valence-corrected chi connectivity index (χ2v) is 6.45. The number of amides is 2. The maximum absolute atomic E-state index is 12.1. The summed E-state index contributed by atoms with van der Waals surface area (Å²) in [5, 5.41) is 2.94. The van der Waals surface area contributed by atoms with Gasteiger partial charge in [-0.05, 0) is 57.7 Å². The molecule has 2 heterocycles. The fourth-order valence-corrected chi connectivity index (χ4v) is 2.84. The maximum atomic E-state index is 12.1. The van der Waals surface area contributed by atoms with Crippen LogP contribution < -0.4 is 5.32 Å². The summed E-state index contributed by atoms with van der Waals surface area (Å²) in [5.41, 5.74) is 1.06. The smallest absolute Gasteiger partial charge is 0.317 e. The molecular weight excluding hydrogens is 290 g/mol. The van der Waals surface area contributed by atoms with Gasteiger partial charge in [0.25, 0.3) is 0 Å². The van der Waals surface area contributed by atoms with E-state index in [2.05, 4.69) is 34.2 Å². The third-order valence-corrected chi connectivity index (χ3v) is 4.64. The molecule has 0 bridgehead atoms. The van der Waals surface area contributed by atoms with E-state index in [0.29, 0.717) is 12.6 Å². The molecule has 128 valence electrons. The van der Waals surface area contributed by atoms with Gasteiger partial charge >= 0.3 is 6.03 Å². The minimum absolute atomic E-state index is 0.0291. The summed E-state index contributed by atoms with van der Waals surface area (Å²) < 4.78 is 0. The average molecular weight is 319 g/mol. The Hall–Kier alpha value is -1.66. The maximum Gasteiger partial charge on any atom is 0.317 e. The zero-order valence-electron chi connectivity index (χ0n) is 14.5. The molecule has 0 spiro atoms. The van der Waals surface area contributed by atoms with Gasteiger partial charge in [-0.1, -0.05) is 0 Å². The summed E-state index contributed by atoms with van der Waals surface area (Å²) in [4.78, 5) is 22.6.